The number of hydrogen-bond acceptors (Lipinski definition) is 6. The Hall–Kier alpha value is -3.46. The van der Waals surface area contributed by atoms with E-state index in [1.807, 2.05) is 35.9 Å². The number of sulfone groups is 1. The molecule has 0 saturated heterocycles. The van der Waals surface area contributed by atoms with E-state index in [9.17, 15) is 8.42 Å². The number of aromatic nitrogens is 5. The molecule has 180 valence electrons. The van der Waals surface area contributed by atoms with Crippen molar-refractivity contribution in [3.05, 3.63) is 65.2 Å². The molecule has 9 heteroatoms. The summed E-state index contributed by atoms with van der Waals surface area (Å²) in [6.45, 7) is 3.35. The Bertz CT molecular complexity index is 1580. The standard InChI is InChI=1S/C26H27N5O3S/c1-17-12-22-24-21(18-4-2-5-20(13-18)35(32,33)19-6-7-19)8-9-23(25(24)30-26(22)27-14-17)34-11-3-10-31-15-28-29-16-31/h5,8-9,12-16,19H,2-4,6-7,10-11H2,1H3,(H,27,30). The summed E-state index contributed by atoms with van der Waals surface area (Å²) in [5.41, 5.74) is 4.83. The van der Waals surface area contributed by atoms with Crippen molar-refractivity contribution in [2.75, 3.05) is 6.61 Å². The zero-order chi connectivity index (χ0) is 24.0. The zero-order valence-electron chi connectivity index (χ0n) is 19.6. The van der Waals surface area contributed by atoms with E-state index in [4.69, 9.17) is 4.74 Å². The molecular formula is C26H27N5O3S. The molecule has 6 rings (SSSR count). The first-order valence-electron chi connectivity index (χ1n) is 12.0. The fraction of sp³-hybridized carbons (Fsp3) is 0.346. The summed E-state index contributed by atoms with van der Waals surface area (Å²) >= 11 is 0. The molecule has 1 N–H and O–H groups in total. The molecule has 1 fully saturated rings. The van der Waals surface area contributed by atoms with Gasteiger partial charge in [-0.15, -0.1) is 10.2 Å². The Morgan fingerprint density at radius 3 is 2.83 bits per heavy atom. The second-order valence-corrected chi connectivity index (χ2v) is 11.6. The van der Waals surface area contributed by atoms with E-state index in [0.29, 0.717) is 11.5 Å². The summed E-state index contributed by atoms with van der Waals surface area (Å²) in [5.74, 6) is 0.765. The lowest BCUT2D eigenvalue weighted by Crippen LogP contribution is -2.10. The monoisotopic (exact) mass is 489 g/mol. The van der Waals surface area contributed by atoms with E-state index in [1.165, 1.54) is 0 Å². The first-order chi connectivity index (χ1) is 17.0. The van der Waals surface area contributed by atoms with Crippen LogP contribution in [0.25, 0.3) is 27.5 Å². The van der Waals surface area contributed by atoms with Crippen LogP contribution in [0.3, 0.4) is 0 Å². The van der Waals surface area contributed by atoms with Gasteiger partial charge < -0.3 is 14.3 Å². The van der Waals surface area contributed by atoms with Crippen LogP contribution in [0.2, 0.25) is 0 Å². The summed E-state index contributed by atoms with van der Waals surface area (Å²) in [5, 5.41) is 9.51. The van der Waals surface area contributed by atoms with Gasteiger partial charge in [0, 0.05) is 23.5 Å². The number of H-pyrrole nitrogens is 1. The topological polar surface area (TPSA) is 103 Å². The number of aryl methyl sites for hydroxylation is 2. The minimum Gasteiger partial charge on any atom is -0.491 e. The maximum Gasteiger partial charge on any atom is 0.180 e. The third-order valence-corrected chi connectivity index (χ3v) is 8.99. The zero-order valence-corrected chi connectivity index (χ0v) is 20.4. The number of rotatable bonds is 8. The van der Waals surface area contributed by atoms with Crippen molar-refractivity contribution >= 4 is 37.3 Å². The average molecular weight is 490 g/mol. The van der Waals surface area contributed by atoms with Crippen molar-refractivity contribution in [3.63, 3.8) is 0 Å². The molecule has 35 heavy (non-hydrogen) atoms. The Kier molecular flexibility index (Phi) is 5.44. The molecule has 0 aliphatic heterocycles. The highest BCUT2D eigenvalue weighted by molar-refractivity contribution is 7.96. The highest BCUT2D eigenvalue weighted by Gasteiger charge is 2.38. The minimum atomic E-state index is -3.23. The van der Waals surface area contributed by atoms with Crippen LogP contribution in [0.15, 0.2) is 54.1 Å². The SMILES string of the molecule is Cc1cnc2[nH]c3c(OCCCn4cnnc4)ccc(C4=CC(S(=O)(=O)C5CC5)=CCC4)c3c2c1. The van der Waals surface area contributed by atoms with Gasteiger partial charge in [-0.05, 0) is 73.9 Å². The van der Waals surface area contributed by atoms with E-state index >= 15 is 0 Å². The lowest BCUT2D eigenvalue weighted by atomic mass is 9.93. The molecule has 3 aromatic heterocycles. The van der Waals surface area contributed by atoms with Crippen molar-refractivity contribution in [1.29, 1.82) is 0 Å². The van der Waals surface area contributed by atoms with Crippen molar-refractivity contribution in [2.45, 2.75) is 50.8 Å². The molecule has 4 aromatic rings. The van der Waals surface area contributed by atoms with Gasteiger partial charge in [-0.3, -0.25) is 0 Å². The van der Waals surface area contributed by atoms with Crippen LogP contribution >= 0.6 is 0 Å². The van der Waals surface area contributed by atoms with Gasteiger partial charge in [-0.1, -0.05) is 12.1 Å². The molecule has 1 aromatic carbocycles. The maximum atomic E-state index is 12.9. The first kappa shape index (κ1) is 22.0. The average Bonchev–Trinajstić information content (AvgIpc) is 3.49. The number of nitrogens with one attached hydrogen (secondary N) is 1. The van der Waals surface area contributed by atoms with Crippen LogP contribution in [-0.2, 0) is 16.4 Å². The van der Waals surface area contributed by atoms with Crippen molar-refractivity contribution in [2.24, 2.45) is 0 Å². The van der Waals surface area contributed by atoms with Crippen molar-refractivity contribution < 1.29 is 13.2 Å². The maximum absolute atomic E-state index is 12.9. The molecule has 0 radical (unpaired) electrons. The number of pyridine rings is 1. The Balaban J connectivity index is 1.39. The molecule has 2 aliphatic carbocycles. The predicted octanol–water partition coefficient (Wildman–Crippen LogP) is 4.72. The van der Waals surface area contributed by atoms with E-state index in [0.717, 1.165) is 83.0 Å². The van der Waals surface area contributed by atoms with E-state index in [-0.39, 0.29) is 5.25 Å². The molecule has 0 bridgehead atoms. The Morgan fingerprint density at radius 1 is 1.20 bits per heavy atom. The summed E-state index contributed by atoms with van der Waals surface area (Å²) in [4.78, 5) is 8.53. The number of ether oxygens (including phenoxy) is 1. The van der Waals surface area contributed by atoms with Gasteiger partial charge in [0.25, 0.3) is 0 Å². The van der Waals surface area contributed by atoms with Crippen molar-refractivity contribution in [1.82, 2.24) is 24.7 Å². The first-order valence-corrected chi connectivity index (χ1v) is 13.6. The highest BCUT2D eigenvalue weighted by atomic mass is 32.2. The molecule has 8 nitrogen and oxygen atoms in total. The number of allylic oxidation sites excluding steroid dienone is 3. The van der Waals surface area contributed by atoms with Gasteiger partial charge in [0.2, 0.25) is 0 Å². The van der Waals surface area contributed by atoms with Gasteiger partial charge in [0.15, 0.2) is 9.84 Å². The summed E-state index contributed by atoms with van der Waals surface area (Å²) in [6, 6.07) is 6.17. The van der Waals surface area contributed by atoms with E-state index < -0.39 is 9.84 Å². The summed E-state index contributed by atoms with van der Waals surface area (Å²) in [6.07, 6.45) is 12.9. The largest absolute Gasteiger partial charge is 0.491 e. The second kappa shape index (κ2) is 8.64. The van der Waals surface area contributed by atoms with Gasteiger partial charge in [-0.25, -0.2) is 13.4 Å². The number of benzene rings is 1. The summed E-state index contributed by atoms with van der Waals surface area (Å²) in [7, 11) is -3.23. The molecule has 3 heterocycles. The lowest BCUT2D eigenvalue weighted by Gasteiger charge is -2.17. The molecule has 0 amide bonds. The summed E-state index contributed by atoms with van der Waals surface area (Å²) < 4.78 is 34.0. The fourth-order valence-electron chi connectivity index (χ4n) is 4.77. The van der Waals surface area contributed by atoms with Crippen LogP contribution in [0, 0.1) is 6.92 Å². The second-order valence-electron chi connectivity index (χ2n) is 9.36. The quantitative estimate of drug-likeness (QED) is 0.359. The third-order valence-electron chi connectivity index (χ3n) is 6.70. The van der Waals surface area contributed by atoms with Crippen molar-refractivity contribution in [3.8, 4) is 5.75 Å². The van der Waals surface area contributed by atoms with Crippen LogP contribution in [0.5, 0.6) is 5.75 Å². The number of aromatic amines is 1. The molecule has 0 unspecified atom stereocenters. The molecule has 0 spiro atoms. The predicted molar refractivity (Wildman–Crippen MR) is 136 cm³/mol. The normalized spacial score (nSPS) is 16.5. The van der Waals surface area contributed by atoms with Crippen LogP contribution < -0.4 is 4.74 Å². The third kappa shape index (κ3) is 4.14. The van der Waals surface area contributed by atoms with Crippen LogP contribution in [0.1, 0.15) is 43.2 Å². The van der Waals surface area contributed by atoms with Gasteiger partial charge in [0.1, 0.15) is 24.1 Å². The van der Waals surface area contributed by atoms with Crippen LogP contribution in [-0.4, -0.2) is 45.0 Å². The van der Waals surface area contributed by atoms with E-state index in [1.54, 1.807) is 12.7 Å². The molecule has 2 aliphatic rings. The number of fused-ring (bicyclic) bond motifs is 3. The van der Waals surface area contributed by atoms with Gasteiger partial charge in [-0.2, -0.15) is 0 Å². The van der Waals surface area contributed by atoms with E-state index in [2.05, 4.69) is 32.3 Å². The van der Waals surface area contributed by atoms with Gasteiger partial charge >= 0.3 is 0 Å². The van der Waals surface area contributed by atoms with Crippen LogP contribution in [0.4, 0.5) is 0 Å². The highest BCUT2D eigenvalue weighted by Crippen LogP contribution is 2.42. The number of nitrogens with zero attached hydrogens (tertiary/aromatic N) is 4. The lowest BCUT2D eigenvalue weighted by molar-refractivity contribution is 0.304. The molecular weight excluding hydrogens is 462 g/mol. The Labute approximate surface area is 203 Å². The minimum absolute atomic E-state index is 0.210. The fourth-order valence-corrected chi connectivity index (χ4v) is 6.57. The Morgan fingerprint density at radius 2 is 2.03 bits per heavy atom. The molecule has 1 saturated carbocycles. The molecule has 0 atom stereocenters. The smallest absolute Gasteiger partial charge is 0.180 e. The number of hydrogen-bond donors (Lipinski definition) is 1. The van der Waals surface area contributed by atoms with Gasteiger partial charge in [0.05, 0.1) is 22.3 Å².